The van der Waals surface area contributed by atoms with Crippen molar-refractivity contribution in [3.8, 4) is 22.9 Å². The minimum Gasteiger partial charge on any atom is -0.493 e. The Kier molecular flexibility index (Phi) is 8.07. The maximum absolute atomic E-state index is 12.2. The third kappa shape index (κ3) is 5.86. The van der Waals surface area contributed by atoms with Crippen LogP contribution in [0.2, 0.25) is 0 Å². The fraction of sp³-hybridized carbons (Fsp3) is 0.238. The van der Waals surface area contributed by atoms with Gasteiger partial charge in [-0.3, -0.25) is 4.79 Å². The van der Waals surface area contributed by atoms with Gasteiger partial charge >= 0.3 is 0 Å². The molecular weight excluding hydrogens is 482 g/mol. The normalized spacial score (nSPS) is 11.0. The van der Waals surface area contributed by atoms with Crippen molar-refractivity contribution in [1.82, 2.24) is 20.2 Å². The summed E-state index contributed by atoms with van der Waals surface area (Å²) in [5, 5.41) is 13.2. The SMILES string of the molecule is CCn1c(SCC(=O)N/N=C/c2ccc(Br)cc2)nnc1-c1ccc(OC)c(OC)c1. The molecule has 0 radical (unpaired) electrons. The summed E-state index contributed by atoms with van der Waals surface area (Å²) in [6, 6.07) is 13.2. The van der Waals surface area contributed by atoms with Crippen molar-refractivity contribution in [1.29, 1.82) is 0 Å². The van der Waals surface area contributed by atoms with E-state index >= 15 is 0 Å². The number of nitrogens with zero attached hydrogens (tertiary/aromatic N) is 4. The highest BCUT2D eigenvalue weighted by Crippen LogP contribution is 2.32. The third-order valence-electron chi connectivity index (χ3n) is 4.28. The van der Waals surface area contributed by atoms with E-state index in [9.17, 15) is 4.79 Å². The molecule has 0 fully saturated rings. The molecule has 162 valence electrons. The molecule has 1 N–H and O–H groups in total. The summed E-state index contributed by atoms with van der Waals surface area (Å²) < 4.78 is 13.6. The predicted molar refractivity (Wildman–Crippen MR) is 125 cm³/mol. The van der Waals surface area contributed by atoms with Crippen molar-refractivity contribution in [3.63, 3.8) is 0 Å². The van der Waals surface area contributed by atoms with Gasteiger partial charge in [0.15, 0.2) is 22.5 Å². The van der Waals surface area contributed by atoms with Gasteiger partial charge in [0.25, 0.3) is 5.91 Å². The Morgan fingerprint density at radius 3 is 2.58 bits per heavy atom. The van der Waals surface area contributed by atoms with Crippen LogP contribution in [0.4, 0.5) is 0 Å². The number of ether oxygens (including phenoxy) is 2. The van der Waals surface area contributed by atoms with E-state index in [-0.39, 0.29) is 11.7 Å². The molecule has 10 heteroatoms. The number of benzene rings is 2. The van der Waals surface area contributed by atoms with Gasteiger partial charge in [-0.1, -0.05) is 39.8 Å². The first kappa shape index (κ1) is 22.8. The van der Waals surface area contributed by atoms with Crippen LogP contribution in [0.25, 0.3) is 11.4 Å². The van der Waals surface area contributed by atoms with Crippen molar-refractivity contribution < 1.29 is 14.3 Å². The fourth-order valence-corrected chi connectivity index (χ4v) is 3.82. The van der Waals surface area contributed by atoms with Crippen LogP contribution >= 0.6 is 27.7 Å². The zero-order chi connectivity index (χ0) is 22.2. The van der Waals surface area contributed by atoms with E-state index in [4.69, 9.17) is 9.47 Å². The van der Waals surface area contributed by atoms with Crippen LogP contribution in [0.1, 0.15) is 12.5 Å². The van der Waals surface area contributed by atoms with Crippen LogP contribution in [0.15, 0.2) is 57.2 Å². The second kappa shape index (κ2) is 11.0. The first-order valence-corrected chi connectivity index (χ1v) is 11.2. The molecular formula is C21H22BrN5O3S. The molecule has 0 aliphatic heterocycles. The molecule has 0 saturated heterocycles. The second-order valence-electron chi connectivity index (χ2n) is 6.25. The molecule has 0 aliphatic carbocycles. The number of carbonyl (C=O) groups excluding carboxylic acids is 1. The maximum Gasteiger partial charge on any atom is 0.250 e. The standard InChI is InChI=1S/C21H22BrN5O3S/c1-4-27-20(15-7-10-17(29-2)18(11-15)30-3)25-26-21(27)31-13-19(28)24-23-12-14-5-8-16(22)9-6-14/h5-12H,4,13H2,1-3H3,(H,24,28)/b23-12+. The van der Waals surface area contributed by atoms with E-state index in [0.717, 1.165) is 15.6 Å². The summed E-state index contributed by atoms with van der Waals surface area (Å²) in [5.41, 5.74) is 4.27. The van der Waals surface area contributed by atoms with E-state index in [1.807, 2.05) is 54.0 Å². The maximum atomic E-state index is 12.2. The largest absolute Gasteiger partial charge is 0.493 e. The van der Waals surface area contributed by atoms with Gasteiger partial charge in [-0.15, -0.1) is 10.2 Å². The number of hydrogen-bond acceptors (Lipinski definition) is 7. The molecule has 2 aromatic carbocycles. The molecule has 1 aromatic heterocycles. The Morgan fingerprint density at radius 2 is 1.90 bits per heavy atom. The number of amides is 1. The summed E-state index contributed by atoms with van der Waals surface area (Å²) in [4.78, 5) is 12.2. The van der Waals surface area contributed by atoms with Crippen molar-refractivity contribution >= 4 is 39.8 Å². The highest BCUT2D eigenvalue weighted by molar-refractivity contribution is 9.10. The minimum atomic E-state index is -0.225. The number of methoxy groups -OCH3 is 2. The average molecular weight is 504 g/mol. The number of halogens is 1. The molecule has 8 nitrogen and oxygen atoms in total. The Morgan fingerprint density at radius 1 is 1.16 bits per heavy atom. The molecule has 3 aromatic rings. The Hall–Kier alpha value is -2.85. The lowest BCUT2D eigenvalue weighted by Gasteiger charge is -2.10. The van der Waals surface area contributed by atoms with E-state index in [1.54, 1.807) is 20.4 Å². The van der Waals surface area contributed by atoms with E-state index in [0.29, 0.717) is 29.0 Å². The summed E-state index contributed by atoms with van der Waals surface area (Å²) in [7, 11) is 3.18. The van der Waals surface area contributed by atoms with E-state index in [2.05, 4.69) is 36.7 Å². The lowest BCUT2D eigenvalue weighted by Crippen LogP contribution is -2.20. The van der Waals surface area contributed by atoms with Gasteiger partial charge in [0.05, 0.1) is 26.2 Å². The number of hydrazone groups is 1. The van der Waals surface area contributed by atoms with Gasteiger partial charge in [-0.05, 0) is 42.8 Å². The van der Waals surface area contributed by atoms with Gasteiger partial charge in [-0.2, -0.15) is 5.10 Å². The first-order chi connectivity index (χ1) is 15.0. The lowest BCUT2D eigenvalue weighted by molar-refractivity contribution is -0.118. The Bertz CT molecular complexity index is 1070. The predicted octanol–water partition coefficient (Wildman–Crippen LogP) is 3.99. The molecule has 0 unspecified atom stereocenters. The Balaban J connectivity index is 1.64. The first-order valence-electron chi connectivity index (χ1n) is 9.41. The molecule has 0 aliphatic rings. The smallest absolute Gasteiger partial charge is 0.250 e. The number of aromatic nitrogens is 3. The highest BCUT2D eigenvalue weighted by Gasteiger charge is 2.16. The lowest BCUT2D eigenvalue weighted by atomic mass is 10.2. The molecule has 0 bridgehead atoms. The molecule has 1 heterocycles. The summed E-state index contributed by atoms with van der Waals surface area (Å²) in [6.45, 7) is 2.66. The van der Waals surface area contributed by atoms with Gasteiger partial charge in [0.2, 0.25) is 0 Å². The van der Waals surface area contributed by atoms with E-state index < -0.39 is 0 Å². The Labute approximate surface area is 193 Å². The van der Waals surface area contributed by atoms with Crippen molar-refractivity contribution in [2.75, 3.05) is 20.0 Å². The van der Waals surface area contributed by atoms with Crippen molar-refractivity contribution in [2.45, 2.75) is 18.6 Å². The number of rotatable bonds is 9. The number of nitrogens with one attached hydrogen (secondary N) is 1. The average Bonchev–Trinajstić information content (AvgIpc) is 3.21. The monoisotopic (exact) mass is 503 g/mol. The van der Waals surface area contributed by atoms with Crippen molar-refractivity contribution in [3.05, 3.63) is 52.5 Å². The molecule has 3 rings (SSSR count). The van der Waals surface area contributed by atoms with Crippen LogP contribution in [-0.2, 0) is 11.3 Å². The van der Waals surface area contributed by atoms with Gasteiger partial charge in [-0.25, -0.2) is 5.43 Å². The quantitative estimate of drug-likeness (QED) is 0.269. The number of hydrogen-bond donors (Lipinski definition) is 1. The van der Waals surface area contributed by atoms with E-state index in [1.165, 1.54) is 11.8 Å². The zero-order valence-electron chi connectivity index (χ0n) is 17.3. The second-order valence-corrected chi connectivity index (χ2v) is 8.11. The molecule has 0 saturated carbocycles. The topological polar surface area (TPSA) is 90.6 Å². The highest BCUT2D eigenvalue weighted by atomic mass is 79.9. The van der Waals surface area contributed by atoms with Crippen LogP contribution in [0.5, 0.6) is 11.5 Å². The van der Waals surface area contributed by atoms with Gasteiger partial charge < -0.3 is 14.0 Å². The number of carbonyl (C=O) groups is 1. The molecule has 1 amide bonds. The summed E-state index contributed by atoms with van der Waals surface area (Å²) in [5.74, 6) is 1.89. The van der Waals surface area contributed by atoms with Gasteiger partial charge in [0, 0.05) is 16.6 Å². The van der Waals surface area contributed by atoms with Crippen molar-refractivity contribution in [2.24, 2.45) is 5.10 Å². The molecule has 31 heavy (non-hydrogen) atoms. The van der Waals surface area contributed by atoms with Crippen LogP contribution in [-0.4, -0.2) is 46.9 Å². The summed E-state index contributed by atoms with van der Waals surface area (Å²) in [6.07, 6.45) is 1.60. The molecule has 0 atom stereocenters. The summed E-state index contributed by atoms with van der Waals surface area (Å²) >= 11 is 4.68. The van der Waals surface area contributed by atoms with Crippen LogP contribution in [0.3, 0.4) is 0 Å². The molecule has 0 spiro atoms. The third-order valence-corrected chi connectivity index (χ3v) is 5.78. The fourth-order valence-electron chi connectivity index (χ4n) is 2.76. The minimum absolute atomic E-state index is 0.168. The van der Waals surface area contributed by atoms with Crippen LogP contribution in [0, 0.1) is 0 Å². The zero-order valence-corrected chi connectivity index (χ0v) is 19.7. The van der Waals surface area contributed by atoms with Gasteiger partial charge in [0.1, 0.15) is 0 Å². The van der Waals surface area contributed by atoms with Crippen LogP contribution < -0.4 is 14.9 Å². The number of thioether (sulfide) groups is 1.